The lowest BCUT2D eigenvalue weighted by atomic mass is 10.2. The maximum atomic E-state index is 12.7. The van der Waals surface area contributed by atoms with Crippen LogP contribution in [-0.2, 0) is 10.0 Å². The third-order valence-electron chi connectivity index (χ3n) is 4.24. The molecule has 3 rings (SSSR count). The topological polar surface area (TPSA) is 64.4 Å². The predicted octanol–water partition coefficient (Wildman–Crippen LogP) is 2.38. The van der Waals surface area contributed by atoms with Crippen LogP contribution in [0, 0.1) is 18.3 Å². The second-order valence-electron chi connectivity index (χ2n) is 5.87. The number of benzene rings is 2. The van der Waals surface area contributed by atoms with Gasteiger partial charge in [-0.15, -0.1) is 0 Å². The quantitative estimate of drug-likeness (QED) is 0.860. The number of anilines is 1. The Morgan fingerprint density at radius 1 is 1.00 bits per heavy atom. The number of piperazine rings is 1. The summed E-state index contributed by atoms with van der Waals surface area (Å²) in [4.78, 5) is 2.45. The Labute approximate surface area is 142 Å². The number of hydrogen-bond donors (Lipinski definition) is 0. The molecule has 0 saturated carbocycles. The van der Waals surface area contributed by atoms with E-state index in [0.717, 1.165) is 11.3 Å². The molecule has 2 aromatic carbocycles. The highest BCUT2D eigenvalue weighted by atomic mass is 32.2. The Kier molecular flexibility index (Phi) is 4.56. The summed E-state index contributed by atoms with van der Waals surface area (Å²) in [6.07, 6.45) is 0. The second kappa shape index (κ2) is 6.63. The van der Waals surface area contributed by atoms with E-state index in [9.17, 15) is 8.42 Å². The molecule has 5 nitrogen and oxygen atoms in total. The second-order valence-corrected chi connectivity index (χ2v) is 7.80. The van der Waals surface area contributed by atoms with Crippen molar-refractivity contribution in [1.82, 2.24) is 4.31 Å². The molecular formula is C18H19N3O2S. The maximum Gasteiger partial charge on any atom is 0.243 e. The van der Waals surface area contributed by atoms with Crippen LogP contribution in [0.3, 0.4) is 0 Å². The first-order valence-corrected chi connectivity index (χ1v) is 9.26. The normalized spacial score (nSPS) is 15.9. The third kappa shape index (κ3) is 3.28. The summed E-state index contributed by atoms with van der Waals surface area (Å²) in [5.74, 6) is 0. The monoisotopic (exact) mass is 341 g/mol. The van der Waals surface area contributed by atoms with Crippen molar-refractivity contribution in [2.45, 2.75) is 11.8 Å². The SMILES string of the molecule is Cc1ccc(S(=O)(=O)N2CCN(c3cccc(C#N)c3)CC2)cc1. The number of aryl methyl sites for hydroxylation is 1. The number of hydrogen-bond acceptors (Lipinski definition) is 4. The fourth-order valence-corrected chi connectivity index (χ4v) is 4.24. The number of nitrogens with zero attached hydrogens (tertiary/aromatic N) is 3. The maximum absolute atomic E-state index is 12.7. The minimum atomic E-state index is -3.44. The first kappa shape index (κ1) is 16.5. The van der Waals surface area contributed by atoms with Gasteiger partial charge in [0, 0.05) is 31.9 Å². The highest BCUT2D eigenvalue weighted by Gasteiger charge is 2.28. The molecule has 0 bridgehead atoms. The van der Waals surface area contributed by atoms with E-state index >= 15 is 0 Å². The number of nitriles is 1. The average molecular weight is 341 g/mol. The Hall–Kier alpha value is -2.36. The summed E-state index contributed by atoms with van der Waals surface area (Å²) >= 11 is 0. The highest BCUT2D eigenvalue weighted by molar-refractivity contribution is 7.89. The molecule has 0 radical (unpaired) electrons. The fraction of sp³-hybridized carbons (Fsp3) is 0.278. The molecule has 0 amide bonds. The molecule has 2 aromatic rings. The molecule has 1 heterocycles. The van der Waals surface area contributed by atoms with Crippen LogP contribution in [0.2, 0.25) is 0 Å². The van der Waals surface area contributed by atoms with Gasteiger partial charge in [0.05, 0.1) is 16.5 Å². The Bertz CT molecular complexity index is 862. The van der Waals surface area contributed by atoms with Crippen LogP contribution in [0.15, 0.2) is 53.4 Å². The average Bonchev–Trinajstić information content (AvgIpc) is 2.62. The van der Waals surface area contributed by atoms with Crippen molar-refractivity contribution in [3.05, 3.63) is 59.7 Å². The van der Waals surface area contributed by atoms with E-state index in [0.29, 0.717) is 36.6 Å². The summed E-state index contributed by atoms with van der Waals surface area (Å²) in [5.41, 5.74) is 2.61. The van der Waals surface area contributed by atoms with Crippen LogP contribution in [0.25, 0.3) is 0 Å². The molecule has 24 heavy (non-hydrogen) atoms. The van der Waals surface area contributed by atoms with Gasteiger partial charge in [-0.25, -0.2) is 8.42 Å². The van der Waals surface area contributed by atoms with Gasteiger partial charge in [-0.1, -0.05) is 23.8 Å². The van der Waals surface area contributed by atoms with Crippen LogP contribution < -0.4 is 4.90 Å². The zero-order chi connectivity index (χ0) is 17.2. The molecule has 1 aliphatic rings. The van der Waals surface area contributed by atoms with Crippen molar-refractivity contribution in [2.75, 3.05) is 31.1 Å². The van der Waals surface area contributed by atoms with E-state index in [-0.39, 0.29) is 0 Å². The summed E-state index contributed by atoms with van der Waals surface area (Å²) in [5, 5.41) is 9.00. The largest absolute Gasteiger partial charge is 0.369 e. The molecule has 1 fully saturated rings. The van der Waals surface area contributed by atoms with Crippen LogP contribution >= 0.6 is 0 Å². The van der Waals surface area contributed by atoms with Crippen molar-refractivity contribution in [1.29, 1.82) is 5.26 Å². The van der Waals surface area contributed by atoms with Gasteiger partial charge >= 0.3 is 0 Å². The van der Waals surface area contributed by atoms with E-state index < -0.39 is 10.0 Å². The smallest absolute Gasteiger partial charge is 0.243 e. The molecule has 1 aliphatic heterocycles. The summed E-state index contributed by atoms with van der Waals surface area (Å²) < 4.78 is 26.9. The molecular weight excluding hydrogens is 322 g/mol. The molecule has 0 unspecified atom stereocenters. The number of sulfonamides is 1. The van der Waals surface area contributed by atoms with Gasteiger partial charge in [-0.3, -0.25) is 0 Å². The standard InChI is InChI=1S/C18H19N3O2S/c1-15-5-7-18(8-6-15)24(22,23)21-11-9-20(10-12-21)17-4-2-3-16(13-17)14-19/h2-8,13H,9-12H2,1H3. The zero-order valence-corrected chi connectivity index (χ0v) is 14.3. The van der Waals surface area contributed by atoms with Crippen molar-refractivity contribution in [3.8, 4) is 6.07 Å². The van der Waals surface area contributed by atoms with Crippen molar-refractivity contribution < 1.29 is 8.42 Å². The molecule has 124 valence electrons. The molecule has 0 atom stereocenters. The van der Waals surface area contributed by atoms with Crippen LogP contribution in [0.4, 0.5) is 5.69 Å². The molecule has 0 spiro atoms. The Morgan fingerprint density at radius 2 is 1.67 bits per heavy atom. The van der Waals surface area contributed by atoms with E-state index in [4.69, 9.17) is 5.26 Å². The van der Waals surface area contributed by atoms with Crippen molar-refractivity contribution >= 4 is 15.7 Å². The Morgan fingerprint density at radius 3 is 2.29 bits per heavy atom. The van der Waals surface area contributed by atoms with Crippen LogP contribution in [0.1, 0.15) is 11.1 Å². The molecule has 0 aliphatic carbocycles. The lowest BCUT2D eigenvalue weighted by molar-refractivity contribution is 0.385. The Balaban J connectivity index is 1.72. The van der Waals surface area contributed by atoms with E-state index in [1.807, 2.05) is 37.3 Å². The highest BCUT2D eigenvalue weighted by Crippen LogP contribution is 2.22. The number of rotatable bonds is 3. The van der Waals surface area contributed by atoms with Gasteiger partial charge in [-0.05, 0) is 37.3 Å². The van der Waals surface area contributed by atoms with Gasteiger partial charge in [-0.2, -0.15) is 9.57 Å². The summed E-state index contributed by atoms with van der Waals surface area (Å²) in [7, 11) is -3.44. The fourth-order valence-electron chi connectivity index (χ4n) is 2.82. The van der Waals surface area contributed by atoms with Crippen LogP contribution in [-0.4, -0.2) is 38.9 Å². The van der Waals surface area contributed by atoms with Gasteiger partial charge < -0.3 is 4.90 Å². The lowest BCUT2D eigenvalue weighted by Crippen LogP contribution is -2.48. The van der Waals surface area contributed by atoms with Gasteiger partial charge in [0.15, 0.2) is 0 Å². The lowest BCUT2D eigenvalue weighted by Gasteiger charge is -2.35. The molecule has 6 heteroatoms. The first-order chi connectivity index (χ1) is 11.5. The minimum Gasteiger partial charge on any atom is -0.369 e. The molecule has 1 saturated heterocycles. The van der Waals surface area contributed by atoms with Gasteiger partial charge in [0.1, 0.15) is 0 Å². The van der Waals surface area contributed by atoms with Gasteiger partial charge in [0.25, 0.3) is 0 Å². The minimum absolute atomic E-state index is 0.341. The van der Waals surface area contributed by atoms with Crippen molar-refractivity contribution in [3.63, 3.8) is 0 Å². The van der Waals surface area contributed by atoms with Crippen LogP contribution in [0.5, 0.6) is 0 Å². The van der Waals surface area contributed by atoms with Gasteiger partial charge in [0.2, 0.25) is 10.0 Å². The van der Waals surface area contributed by atoms with E-state index in [1.54, 1.807) is 18.2 Å². The third-order valence-corrected chi connectivity index (χ3v) is 6.15. The predicted molar refractivity (Wildman–Crippen MR) is 93.3 cm³/mol. The molecule has 0 N–H and O–H groups in total. The van der Waals surface area contributed by atoms with Crippen molar-refractivity contribution in [2.24, 2.45) is 0 Å². The summed E-state index contributed by atoms with van der Waals surface area (Å²) in [6, 6.07) is 16.5. The first-order valence-electron chi connectivity index (χ1n) is 7.82. The van der Waals surface area contributed by atoms with E-state index in [1.165, 1.54) is 4.31 Å². The van der Waals surface area contributed by atoms with E-state index in [2.05, 4.69) is 11.0 Å². The zero-order valence-electron chi connectivity index (χ0n) is 13.5. The summed E-state index contributed by atoms with van der Waals surface area (Å²) in [6.45, 7) is 4.03. The molecule has 0 aromatic heterocycles.